The summed E-state index contributed by atoms with van der Waals surface area (Å²) >= 11 is 2.16. The minimum absolute atomic E-state index is 0.680. The highest BCUT2D eigenvalue weighted by molar-refractivity contribution is 14.1. The summed E-state index contributed by atoms with van der Waals surface area (Å²) in [7, 11) is 0. The molecule has 12 heavy (non-hydrogen) atoms. The first-order chi connectivity index (χ1) is 5.68. The molecule has 0 aromatic rings. The molecule has 0 amide bonds. The van der Waals surface area contributed by atoms with Gasteiger partial charge in [0.1, 0.15) is 0 Å². The SMILES string of the molecule is C=CC(O)(CC=CI)CCCC. The summed E-state index contributed by atoms with van der Waals surface area (Å²) in [5.74, 6) is 0. The van der Waals surface area contributed by atoms with Crippen molar-refractivity contribution in [3.05, 3.63) is 22.8 Å². The fraction of sp³-hybridized carbons (Fsp3) is 0.600. The molecule has 0 spiro atoms. The summed E-state index contributed by atoms with van der Waals surface area (Å²) in [4.78, 5) is 0. The van der Waals surface area contributed by atoms with Gasteiger partial charge in [0, 0.05) is 0 Å². The van der Waals surface area contributed by atoms with E-state index in [1.807, 2.05) is 10.2 Å². The van der Waals surface area contributed by atoms with Crippen molar-refractivity contribution in [2.24, 2.45) is 0 Å². The fourth-order valence-electron chi connectivity index (χ4n) is 1.02. The van der Waals surface area contributed by atoms with Gasteiger partial charge in [0.05, 0.1) is 5.60 Å². The molecule has 0 aromatic heterocycles. The van der Waals surface area contributed by atoms with Crippen LogP contribution in [0.3, 0.4) is 0 Å². The van der Waals surface area contributed by atoms with E-state index >= 15 is 0 Å². The van der Waals surface area contributed by atoms with Gasteiger partial charge in [-0.3, -0.25) is 0 Å². The van der Waals surface area contributed by atoms with Gasteiger partial charge in [0.25, 0.3) is 0 Å². The number of hydrogen-bond acceptors (Lipinski definition) is 1. The zero-order valence-corrected chi connectivity index (χ0v) is 9.75. The normalized spacial score (nSPS) is 16.2. The molecule has 0 heterocycles. The second-order valence-corrected chi connectivity index (χ2v) is 3.70. The zero-order valence-electron chi connectivity index (χ0n) is 7.59. The van der Waals surface area contributed by atoms with Gasteiger partial charge in [-0.05, 0) is 16.9 Å². The lowest BCUT2D eigenvalue weighted by Gasteiger charge is -2.22. The van der Waals surface area contributed by atoms with Crippen molar-refractivity contribution >= 4 is 22.6 Å². The molecule has 0 fully saturated rings. The predicted molar refractivity (Wildman–Crippen MR) is 62.4 cm³/mol. The van der Waals surface area contributed by atoms with Gasteiger partial charge in [0.15, 0.2) is 0 Å². The molecule has 0 aromatic carbocycles. The summed E-state index contributed by atoms with van der Waals surface area (Å²) in [6.07, 6.45) is 7.28. The smallest absolute Gasteiger partial charge is 0.0859 e. The average molecular weight is 280 g/mol. The zero-order chi connectivity index (χ0) is 9.45. The van der Waals surface area contributed by atoms with Gasteiger partial charge in [-0.25, -0.2) is 0 Å². The number of aliphatic hydroxyl groups is 1. The van der Waals surface area contributed by atoms with E-state index in [2.05, 4.69) is 36.1 Å². The van der Waals surface area contributed by atoms with E-state index in [0.717, 1.165) is 19.3 Å². The Morgan fingerprint density at radius 1 is 1.58 bits per heavy atom. The Bertz CT molecular complexity index is 154. The molecule has 0 aliphatic heterocycles. The van der Waals surface area contributed by atoms with E-state index in [0.29, 0.717) is 6.42 Å². The summed E-state index contributed by atoms with van der Waals surface area (Å²) in [6, 6.07) is 0. The molecule has 0 aliphatic carbocycles. The van der Waals surface area contributed by atoms with Crippen molar-refractivity contribution in [2.75, 3.05) is 0 Å². The Labute approximate surface area is 88.7 Å². The Kier molecular flexibility index (Phi) is 6.76. The van der Waals surface area contributed by atoms with E-state index in [9.17, 15) is 5.11 Å². The molecule has 1 nitrogen and oxygen atoms in total. The standard InChI is InChI=1S/C10H17IO/c1-3-5-7-10(12,4-2)8-6-9-11/h4,6,9,12H,2-3,5,7-8H2,1H3. The van der Waals surface area contributed by atoms with E-state index in [1.165, 1.54) is 0 Å². The van der Waals surface area contributed by atoms with Crippen LogP contribution < -0.4 is 0 Å². The number of unbranched alkanes of at least 4 members (excludes halogenated alkanes) is 1. The van der Waals surface area contributed by atoms with Gasteiger partial charge >= 0.3 is 0 Å². The average Bonchev–Trinajstić information content (AvgIpc) is 2.11. The lowest BCUT2D eigenvalue weighted by atomic mass is 9.93. The molecule has 1 unspecified atom stereocenters. The molecule has 1 atom stereocenters. The van der Waals surface area contributed by atoms with Crippen LogP contribution in [0.4, 0.5) is 0 Å². The van der Waals surface area contributed by atoms with Crippen molar-refractivity contribution in [3.8, 4) is 0 Å². The first-order valence-corrected chi connectivity index (χ1v) is 5.54. The van der Waals surface area contributed by atoms with Gasteiger partial charge in [0.2, 0.25) is 0 Å². The topological polar surface area (TPSA) is 20.2 Å². The van der Waals surface area contributed by atoms with Crippen LogP contribution in [-0.2, 0) is 0 Å². The van der Waals surface area contributed by atoms with E-state index in [4.69, 9.17) is 0 Å². The van der Waals surface area contributed by atoms with Gasteiger partial charge in [-0.15, -0.1) is 6.58 Å². The van der Waals surface area contributed by atoms with Crippen LogP contribution >= 0.6 is 22.6 Å². The fourth-order valence-corrected chi connectivity index (χ4v) is 1.27. The molecule has 0 rings (SSSR count). The van der Waals surface area contributed by atoms with Crippen molar-refractivity contribution in [1.29, 1.82) is 0 Å². The highest BCUT2D eigenvalue weighted by Crippen LogP contribution is 2.20. The van der Waals surface area contributed by atoms with Crippen LogP contribution in [0.15, 0.2) is 22.8 Å². The minimum atomic E-state index is -0.683. The maximum atomic E-state index is 9.91. The molecule has 0 radical (unpaired) electrons. The van der Waals surface area contributed by atoms with Gasteiger partial charge < -0.3 is 5.11 Å². The Morgan fingerprint density at radius 2 is 2.25 bits per heavy atom. The third-order valence-electron chi connectivity index (χ3n) is 1.90. The van der Waals surface area contributed by atoms with Crippen LogP contribution in [0.1, 0.15) is 32.6 Å². The van der Waals surface area contributed by atoms with E-state index in [1.54, 1.807) is 6.08 Å². The van der Waals surface area contributed by atoms with Crippen molar-refractivity contribution < 1.29 is 5.11 Å². The summed E-state index contributed by atoms with van der Waals surface area (Å²) in [5.41, 5.74) is -0.683. The van der Waals surface area contributed by atoms with E-state index in [-0.39, 0.29) is 0 Å². The first-order valence-electron chi connectivity index (χ1n) is 4.29. The van der Waals surface area contributed by atoms with Crippen LogP contribution in [0.2, 0.25) is 0 Å². The third kappa shape index (κ3) is 4.93. The molecular weight excluding hydrogens is 263 g/mol. The number of rotatable bonds is 6. The summed E-state index contributed by atoms with van der Waals surface area (Å²) < 4.78 is 1.93. The maximum Gasteiger partial charge on any atom is 0.0859 e. The van der Waals surface area contributed by atoms with Crippen LogP contribution in [0.25, 0.3) is 0 Å². The van der Waals surface area contributed by atoms with Crippen molar-refractivity contribution in [1.82, 2.24) is 0 Å². The monoisotopic (exact) mass is 280 g/mol. The van der Waals surface area contributed by atoms with E-state index < -0.39 is 5.60 Å². The largest absolute Gasteiger partial charge is 0.385 e. The maximum absolute atomic E-state index is 9.91. The lowest BCUT2D eigenvalue weighted by molar-refractivity contribution is 0.0825. The summed E-state index contributed by atoms with van der Waals surface area (Å²) in [6.45, 7) is 5.77. The van der Waals surface area contributed by atoms with Crippen LogP contribution in [0, 0.1) is 0 Å². The molecule has 2 heteroatoms. The molecular formula is C10H17IO. The first kappa shape index (κ1) is 12.2. The minimum Gasteiger partial charge on any atom is -0.385 e. The van der Waals surface area contributed by atoms with Crippen molar-refractivity contribution in [3.63, 3.8) is 0 Å². The van der Waals surface area contributed by atoms with Crippen LogP contribution in [0.5, 0.6) is 0 Å². The van der Waals surface area contributed by atoms with Crippen molar-refractivity contribution in [2.45, 2.75) is 38.2 Å². The third-order valence-corrected chi connectivity index (χ3v) is 2.41. The molecule has 70 valence electrons. The van der Waals surface area contributed by atoms with Gasteiger partial charge in [-0.2, -0.15) is 0 Å². The second kappa shape index (κ2) is 6.66. The Morgan fingerprint density at radius 3 is 2.67 bits per heavy atom. The van der Waals surface area contributed by atoms with Gasteiger partial charge in [-0.1, -0.05) is 54.5 Å². The Hall–Kier alpha value is 0.170. The Balaban J connectivity index is 3.94. The number of hydrogen-bond donors (Lipinski definition) is 1. The highest BCUT2D eigenvalue weighted by Gasteiger charge is 2.19. The molecule has 1 N–H and O–H groups in total. The molecule has 0 aliphatic rings. The molecule has 0 saturated heterocycles. The summed E-state index contributed by atoms with van der Waals surface area (Å²) in [5, 5.41) is 9.91. The van der Waals surface area contributed by atoms with Crippen LogP contribution in [-0.4, -0.2) is 10.7 Å². The number of halogens is 1. The quantitative estimate of drug-likeness (QED) is 0.583. The predicted octanol–water partition coefficient (Wildman–Crippen LogP) is 3.43. The molecule has 0 bridgehead atoms. The second-order valence-electron chi connectivity index (χ2n) is 2.98. The lowest BCUT2D eigenvalue weighted by Crippen LogP contribution is -2.24. The molecule has 0 saturated carbocycles. The highest BCUT2D eigenvalue weighted by atomic mass is 127.